The van der Waals surface area contributed by atoms with Gasteiger partial charge in [0, 0.05) is 0 Å². The second-order valence-electron chi connectivity index (χ2n) is 4.62. The first-order valence-corrected chi connectivity index (χ1v) is 6.85. The molecule has 0 aliphatic carbocycles. The Morgan fingerprint density at radius 1 is 0.900 bits per heavy atom. The van der Waals surface area contributed by atoms with Crippen LogP contribution in [-0.2, 0) is 6.61 Å². The molecule has 1 N–H and O–H groups in total. The van der Waals surface area contributed by atoms with E-state index in [9.17, 15) is 5.11 Å². The van der Waals surface area contributed by atoms with Crippen molar-refractivity contribution in [1.29, 1.82) is 0 Å². The first-order valence-electron chi connectivity index (χ1n) is 6.85. The van der Waals surface area contributed by atoms with Crippen molar-refractivity contribution in [3.63, 3.8) is 0 Å². The highest BCUT2D eigenvalue weighted by molar-refractivity contribution is 5.31. The summed E-state index contributed by atoms with van der Waals surface area (Å²) in [7, 11) is 0. The number of aliphatic hydroxyl groups is 1. The number of aliphatic hydroxyl groups excluding tert-OH is 1. The molecule has 3 nitrogen and oxygen atoms in total. The van der Waals surface area contributed by atoms with Crippen LogP contribution in [0.25, 0.3) is 0 Å². The summed E-state index contributed by atoms with van der Waals surface area (Å²) in [6.45, 7) is 2.80. The fourth-order valence-electron chi connectivity index (χ4n) is 1.68. The fraction of sp³-hybridized carbons (Fsp3) is 0.294. The van der Waals surface area contributed by atoms with Gasteiger partial charge in [-0.05, 0) is 36.2 Å². The average Bonchev–Trinajstić information content (AvgIpc) is 2.52. The molecule has 20 heavy (non-hydrogen) atoms. The van der Waals surface area contributed by atoms with Crippen LogP contribution in [0, 0.1) is 0 Å². The Kier molecular flexibility index (Phi) is 5.44. The topological polar surface area (TPSA) is 38.7 Å². The van der Waals surface area contributed by atoms with E-state index in [1.807, 2.05) is 61.5 Å². The molecule has 0 aromatic heterocycles. The highest BCUT2D eigenvalue weighted by Crippen LogP contribution is 2.19. The van der Waals surface area contributed by atoms with Crippen molar-refractivity contribution in [1.82, 2.24) is 0 Å². The number of rotatable bonds is 7. The van der Waals surface area contributed by atoms with Crippen molar-refractivity contribution in [2.24, 2.45) is 0 Å². The first-order chi connectivity index (χ1) is 9.78. The van der Waals surface area contributed by atoms with Gasteiger partial charge in [-0.3, -0.25) is 0 Å². The highest BCUT2D eigenvalue weighted by atomic mass is 16.5. The van der Waals surface area contributed by atoms with E-state index in [4.69, 9.17) is 9.47 Å². The van der Waals surface area contributed by atoms with E-state index in [1.54, 1.807) is 0 Å². The normalized spacial score (nSPS) is 11.9. The predicted octanol–water partition coefficient (Wildman–Crippen LogP) is 3.42. The van der Waals surface area contributed by atoms with Crippen LogP contribution in [0.4, 0.5) is 0 Å². The molecule has 0 fully saturated rings. The third-order valence-electron chi connectivity index (χ3n) is 2.99. The third-order valence-corrected chi connectivity index (χ3v) is 2.99. The minimum Gasteiger partial charge on any atom is -0.491 e. The lowest BCUT2D eigenvalue weighted by Gasteiger charge is -2.11. The van der Waals surface area contributed by atoms with Gasteiger partial charge in [0.15, 0.2) is 0 Å². The van der Waals surface area contributed by atoms with Crippen molar-refractivity contribution in [2.75, 3.05) is 6.61 Å². The van der Waals surface area contributed by atoms with Crippen LogP contribution >= 0.6 is 0 Å². The molecule has 0 amide bonds. The van der Waals surface area contributed by atoms with Gasteiger partial charge >= 0.3 is 0 Å². The second-order valence-corrected chi connectivity index (χ2v) is 4.62. The monoisotopic (exact) mass is 272 g/mol. The molecule has 0 aliphatic heterocycles. The van der Waals surface area contributed by atoms with Crippen molar-refractivity contribution in [3.8, 4) is 11.5 Å². The molecule has 1 unspecified atom stereocenters. The van der Waals surface area contributed by atoms with Crippen LogP contribution in [0.2, 0.25) is 0 Å². The Labute approximate surface area is 119 Å². The summed E-state index contributed by atoms with van der Waals surface area (Å²) in [5.74, 6) is 1.54. The van der Waals surface area contributed by atoms with E-state index in [-0.39, 0.29) is 0 Å². The van der Waals surface area contributed by atoms with Crippen molar-refractivity contribution >= 4 is 0 Å². The van der Waals surface area contributed by atoms with E-state index in [2.05, 4.69) is 0 Å². The van der Waals surface area contributed by atoms with Crippen molar-refractivity contribution in [3.05, 3.63) is 60.2 Å². The maximum absolute atomic E-state index is 9.43. The minimum absolute atomic E-state index is 0.320. The molecule has 2 aromatic rings. The standard InChI is InChI=1S/C17H20O3/c1-2-15(18)13-20-17-10-8-16(9-11-17)19-12-14-6-4-3-5-7-14/h3-11,15,18H,2,12-13H2,1H3. The Hall–Kier alpha value is -2.00. The number of benzene rings is 2. The number of hydrogen-bond acceptors (Lipinski definition) is 3. The second kappa shape index (κ2) is 7.56. The molecule has 106 valence electrons. The van der Waals surface area contributed by atoms with E-state index < -0.39 is 6.10 Å². The van der Waals surface area contributed by atoms with E-state index in [0.717, 1.165) is 17.1 Å². The molecule has 2 rings (SSSR count). The van der Waals surface area contributed by atoms with Gasteiger partial charge < -0.3 is 14.6 Å². The van der Waals surface area contributed by atoms with Crippen LogP contribution in [0.3, 0.4) is 0 Å². The van der Waals surface area contributed by atoms with Crippen molar-refractivity contribution in [2.45, 2.75) is 26.1 Å². The van der Waals surface area contributed by atoms with Crippen LogP contribution in [0.15, 0.2) is 54.6 Å². The summed E-state index contributed by atoms with van der Waals surface area (Å²) in [6, 6.07) is 17.5. The zero-order valence-corrected chi connectivity index (χ0v) is 11.7. The Bertz CT molecular complexity index is 493. The van der Waals surface area contributed by atoms with Gasteiger partial charge in [-0.25, -0.2) is 0 Å². The molecule has 0 spiro atoms. The molecule has 0 aliphatic rings. The lowest BCUT2D eigenvalue weighted by Crippen LogP contribution is -2.15. The minimum atomic E-state index is -0.413. The Morgan fingerprint density at radius 3 is 2.10 bits per heavy atom. The smallest absolute Gasteiger partial charge is 0.120 e. The largest absolute Gasteiger partial charge is 0.491 e. The summed E-state index contributed by atoms with van der Waals surface area (Å²) >= 11 is 0. The molecular weight excluding hydrogens is 252 g/mol. The van der Waals surface area contributed by atoms with Gasteiger partial charge in [-0.1, -0.05) is 37.3 Å². The molecule has 1 atom stereocenters. The molecule has 3 heteroatoms. The molecule has 0 saturated heterocycles. The molecule has 0 radical (unpaired) electrons. The number of hydrogen-bond donors (Lipinski definition) is 1. The van der Waals surface area contributed by atoms with E-state index >= 15 is 0 Å². The first kappa shape index (κ1) is 14.4. The lowest BCUT2D eigenvalue weighted by atomic mass is 10.2. The van der Waals surface area contributed by atoms with Gasteiger partial charge in [0.25, 0.3) is 0 Å². The quantitative estimate of drug-likeness (QED) is 0.839. The summed E-state index contributed by atoms with van der Waals surface area (Å²) in [6.07, 6.45) is 0.280. The van der Waals surface area contributed by atoms with E-state index in [1.165, 1.54) is 0 Å². The molecular formula is C17H20O3. The Balaban J connectivity index is 1.82. The fourth-order valence-corrected chi connectivity index (χ4v) is 1.68. The molecule has 0 saturated carbocycles. The summed E-state index contributed by atoms with van der Waals surface area (Å²) in [5.41, 5.74) is 1.14. The maximum atomic E-state index is 9.43. The Morgan fingerprint density at radius 2 is 1.50 bits per heavy atom. The zero-order valence-electron chi connectivity index (χ0n) is 11.7. The van der Waals surface area contributed by atoms with Crippen LogP contribution in [0.1, 0.15) is 18.9 Å². The van der Waals surface area contributed by atoms with Crippen LogP contribution < -0.4 is 9.47 Å². The van der Waals surface area contributed by atoms with E-state index in [0.29, 0.717) is 19.6 Å². The predicted molar refractivity (Wildman–Crippen MR) is 79.0 cm³/mol. The average molecular weight is 272 g/mol. The van der Waals surface area contributed by atoms with Gasteiger partial charge in [0.1, 0.15) is 24.7 Å². The number of ether oxygens (including phenoxy) is 2. The van der Waals surface area contributed by atoms with Gasteiger partial charge in [0.2, 0.25) is 0 Å². The van der Waals surface area contributed by atoms with Gasteiger partial charge in [-0.15, -0.1) is 0 Å². The molecule has 0 bridgehead atoms. The molecule has 2 aromatic carbocycles. The summed E-state index contributed by atoms with van der Waals surface area (Å²) < 4.78 is 11.2. The molecule has 0 heterocycles. The lowest BCUT2D eigenvalue weighted by molar-refractivity contribution is 0.104. The zero-order chi connectivity index (χ0) is 14.2. The summed E-state index contributed by atoms with van der Waals surface area (Å²) in [5, 5.41) is 9.43. The third kappa shape index (κ3) is 4.59. The SMILES string of the molecule is CCC(O)COc1ccc(OCc2ccccc2)cc1. The summed E-state index contributed by atoms with van der Waals surface area (Å²) in [4.78, 5) is 0. The van der Waals surface area contributed by atoms with Gasteiger partial charge in [-0.2, -0.15) is 0 Å². The maximum Gasteiger partial charge on any atom is 0.120 e. The van der Waals surface area contributed by atoms with Crippen molar-refractivity contribution < 1.29 is 14.6 Å². The van der Waals surface area contributed by atoms with Gasteiger partial charge in [0.05, 0.1) is 6.10 Å². The van der Waals surface area contributed by atoms with Crippen LogP contribution in [-0.4, -0.2) is 17.8 Å². The van der Waals surface area contributed by atoms with Crippen LogP contribution in [0.5, 0.6) is 11.5 Å². The highest BCUT2D eigenvalue weighted by Gasteiger charge is 2.02.